The van der Waals surface area contributed by atoms with Gasteiger partial charge in [0, 0.05) is 45.1 Å². The average molecular weight is 260 g/mol. The number of amides is 2. The number of urea groups is 1. The van der Waals surface area contributed by atoms with Crippen LogP contribution in [0.5, 0.6) is 0 Å². The minimum Gasteiger partial charge on any atom is -0.351 e. The zero-order chi connectivity index (χ0) is 13.7. The molecule has 0 atom stereocenters. The molecule has 0 bridgehead atoms. The van der Waals surface area contributed by atoms with Crippen LogP contribution in [-0.4, -0.2) is 53.6 Å². The lowest BCUT2D eigenvalue weighted by Crippen LogP contribution is -2.52. The predicted molar refractivity (Wildman–Crippen MR) is 69.6 cm³/mol. The van der Waals surface area contributed by atoms with Gasteiger partial charge in [0.2, 0.25) is 0 Å². The minimum absolute atomic E-state index is 0.0400. The van der Waals surface area contributed by atoms with Crippen molar-refractivity contribution in [2.45, 2.75) is 6.92 Å². The first-order chi connectivity index (χ1) is 9.26. The summed E-state index contributed by atoms with van der Waals surface area (Å²) in [6, 6.07) is 2.00. The largest absolute Gasteiger partial charge is 0.351 e. The second kappa shape index (κ2) is 6.00. The molecule has 2 amide bonds. The lowest BCUT2D eigenvalue weighted by atomic mass is 10.3. The second-order valence-electron chi connectivity index (χ2n) is 4.15. The van der Waals surface area contributed by atoms with Crippen LogP contribution in [0.1, 0.15) is 12.6 Å². The van der Waals surface area contributed by atoms with E-state index >= 15 is 0 Å². The number of carbonyl (C=O) groups is 1. The van der Waals surface area contributed by atoms with Crippen LogP contribution in [0.4, 0.5) is 10.6 Å². The molecule has 1 saturated heterocycles. The first-order valence-electron chi connectivity index (χ1n) is 6.25. The Bertz CT molecular complexity index is 489. The van der Waals surface area contributed by atoms with Gasteiger partial charge in [0.25, 0.3) is 0 Å². The van der Waals surface area contributed by atoms with Crippen LogP contribution in [0.25, 0.3) is 0 Å². The Labute approximate surface area is 111 Å². The second-order valence-corrected chi connectivity index (χ2v) is 4.15. The third kappa shape index (κ3) is 2.91. The fourth-order valence-corrected chi connectivity index (χ4v) is 2.03. The zero-order valence-corrected chi connectivity index (χ0v) is 10.8. The number of piperazine rings is 1. The Morgan fingerprint density at radius 1 is 1.37 bits per heavy atom. The number of hydrogen-bond donors (Lipinski definition) is 1. The molecule has 1 N–H and O–H groups in total. The van der Waals surface area contributed by atoms with Crippen LogP contribution in [0.2, 0.25) is 0 Å². The number of anilines is 1. The number of hydrogen-bond acceptors (Lipinski definition) is 5. The van der Waals surface area contributed by atoms with E-state index < -0.39 is 0 Å². The van der Waals surface area contributed by atoms with Crippen LogP contribution in [0.15, 0.2) is 12.4 Å². The summed E-state index contributed by atoms with van der Waals surface area (Å²) >= 11 is 0. The number of aromatic nitrogens is 2. The molecule has 0 aliphatic carbocycles. The Balaban J connectivity index is 2.00. The van der Waals surface area contributed by atoms with Gasteiger partial charge < -0.3 is 15.1 Å². The molecule has 7 nitrogen and oxygen atoms in total. The van der Waals surface area contributed by atoms with Crippen molar-refractivity contribution in [3.63, 3.8) is 0 Å². The van der Waals surface area contributed by atoms with Crippen molar-refractivity contribution >= 4 is 11.8 Å². The molecule has 1 aromatic rings. The molecular weight excluding hydrogens is 244 g/mol. The lowest BCUT2D eigenvalue weighted by molar-refractivity contribution is 0.195. The molecule has 0 spiro atoms. The van der Waals surface area contributed by atoms with Crippen molar-refractivity contribution in [3.8, 4) is 6.07 Å². The topological polar surface area (TPSA) is 85.2 Å². The van der Waals surface area contributed by atoms with E-state index in [9.17, 15) is 4.79 Å². The normalized spacial score (nSPS) is 14.9. The molecule has 1 aliphatic heterocycles. The fourth-order valence-electron chi connectivity index (χ4n) is 2.03. The number of nitrogens with one attached hydrogen (secondary N) is 1. The third-order valence-corrected chi connectivity index (χ3v) is 2.98. The highest BCUT2D eigenvalue weighted by Gasteiger charge is 2.23. The minimum atomic E-state index is -0.0400. The van der Waals surface area contributed by atoms with Crippen molar-refractivity contribution in [2.24, 2.45) is 0 Å². The summed E-state index contributed by atoms with van der Waals surface area (Å²) in [4.78, 5) is 23.6. The van der Waals surface area contributed by atoms with Crippen LogP contribution in [0, 0.1) is 11.3 Å². The van der Waals surface area contributed by atoms with Crippen molar-refractivity contribution in [1.82, 2.24) is 20.2 Å². The predicted octanol–water partition coefficient (Wildman–Crippen LogP) is 0.200. The van der Waals surface area contributed by atoms with E-state index in [2.05, 4.69) is 15.3 Å². The van der Waals surface area contributed by atoms with E-state index in [4.69, 9.17) is 5.26 Å². The molecular formula is C12H16N6O. The van der Waals surface area contributed by atoms with Gasteiger partial charge in [0.15, 0.2) is 11.5 Å². The molecule has 0 radical (unpaired) electrons. The number of nitriles is 1. The van der Waals surface area contributed by atoms with E-state index in [0.29, 0.717) is 44.2 Å². The molecule has 0 unspecified atom stereocenters. The summed E-state index contributed by atoms with van der Waals surface area (Å²) in [6.45, 7) is 5.07. The van der Waals surface area contributed by atoms with Crippen LogP contribution < -0.4 is 10.2 Å². The molecule has 19 heavy (non-hydrogen) atoms. The van der Waals surface area contributed by atoms with E-state index in [0.717, 1.165) is 0 Å². The Hall–Kier alpha value is -2.36. The number of nitrogens with zero attached hydrogens (tertiary/aromatic N) is 5. The fraction of sp³-hybridized carbons (Fsp3) is 0.500. The average Bonchev–Trinajstić information content (AvgIpc) is 2.47. The molecule has 2 rings (SSSR count). The quantitative estimate of drug-likeness (QED) is 0.821. The maximum Gasteiger partial charge on any atom is 0.317 e. The summed E-state index contributed by atoms with van der Waals surface area (Å²) in [6.07, 6.45) is 3.08. The Morgan fingerprint density at radius 3 is 2.68 bits per heavy atom. The van der Waals surface area contributed by atoms with Gasteiger partial charge in [0.1, 0.15) is 6.07 Å². The summed E-state index contributed by atoms with van der Waals surface area (Å²) in [5.74, 6) is 0.598. The van der Waals surface area contributed by atoms with E-state index in [1.165, 1.54) is 6.20 Å². The van der Waals surface area contributed by atoms with Crippen LogP contribution >= 0.6 is 0 Å². The summed E-state index contributed by atoms with van der Waals surface area (Å²) in [7, 11) is 0. The van der Waals surface area contributed by atoms with Crippen LogP contribution in [-0.2, 0) is 0 Å². The third-order valence-electron chi connectivity index (χ3n) is 2.98. The summed E-state index contributed by atoms with van der Waals surface area (Å²) < 4.78 is 0. The number of rotatable bonds is 2. The molecule has 1 aromatic heterocycles. The highest BCUT2D eigenvalue weighted by Crippen LogP contribution is 2.16. The van der Waals surface area contributed by atoms with Crippen molar-refractivity contribution in [2.75, 3.05) is 37.6 Å². The van der Waals surface area contributed by atoms with Gasteiger partial charge in [0.05, 0.1) is 0 Å². The van der Waals surface area contributed by atoms with Gasteiger partial charge in [-0.15, -0.1) is 0 Å². The van der Waals surface area contributed by atoms with Crippen LogP contribution in [0.3, 0.4) is 0 Å². The van der Waals surface area contributed by atoms with Crippen molar-refractivity contribution in [1.29, 1.82) is 5.26 Å². The SMILES string of the molecule is CCNC(=O)N1CCN(c2nccnc2C#N)CC1. The standard InChI is InChI=1S/C12H16N6O/c1-2-14-12(19)18-7-5-17(6-8-18)11-10(9-13)15-3-4-16-11/h3-4H,2,5-8H2,1H3,(H,14,19). The monoisotopic (exact) mass is 260 g/mol. The van der Waals surface area contributed by atoms with Gasteiger partial charge in [-0.05, 0) is 6.92 Å². The molecule has 1 fully saturated rings. The molecule has 0 aromatic carbocycles. The summed E-state index contributed by atoms with van der Waals surface area (Å²) in [5, 5.41) is 11.8. The van der Waals surface area contributed by atoms with Crippen molar-refractivity contribution < 1.29 is 4.79 Å². The molecule has 1 aliphatic rings. The van der Waals surface area contributed by atoms with Crippen molar-refractivity contribution in [3.05, 3.63) is 18.1 Å². The van der Waals surface area contributed by atoms with Gasteiger partial charge in [-0.2, -0.15) is 5.26 Å². The first kappa shape index (κ1) is 13.1. The highest BCUT2D eigenvalue weighted by molar-refractivity contribution is 5.74. The maximum atomic E-state index is 11.7. The number of carbonyl (C=O) groups excluding carboxylic acids is 1. The molecule has 100 valence electrons. The lowest BCUT2D eigenvalue weighted by Gasteiger charge is -2.35. The summed E-state index contributed by atoms with van der Waals surface area (Å²) in [5.41, 5.74) is 0.328. The maximum absolute atomic E-state index is 11.7. The van der Waals surface area contributed by atoms with Gasteiger partial charge in [-0.3, -0.25) is 0 Å². The molecule has 2 heterocycles. The highest BCUT2D eigenvalue weighted by atomic mass is 16.2. The Kier molecular flexibility index (Phi) is 4.13. The first-order valence-corrected chi connectivity index (χ1v) is 6.25. The zero-order valence-electron chi connectivity index (χ0n) is 10.8. The van der Waals surface area contributed by atoms with E-state index in [1.54, 1.807) is 11.1 Å². The van der Waals surface area contributed by atoms with Gasteiger partial charge in [-0.1, -0.05) is 0 Å². The molecule has 7 heteroatoms. The van der Waals surface area contributed by atoms with Gasteiger partial charge >= 0.3 is 6.03 Å². The van der Waals surface area contributed by atoms with Gasteiger partial charge in [-0.25, -0.2) is 14.8 Å². The smallest absolute Gasteiger partial charge is 0.317 e. The van der Waals surface area contributed by atoms with E-state index in [-0.39, 0.29) is 6.03 Å². The van der Waals surface area contributed by atoms with E-state index in [1.807, 2.05) is 17.9 Å². The Morgan fingerprint density at radius 2 is 2.05 bits per heavy atom. The molecule has 0 saturated carbocycles.